The van der Waals surface area contributed by atoms with Gasteiger partial charge in [-0.1, -0.05) is 6.07 Å². The Labute approximate surface area is 101 Å². The molecule has 1 nitrogen and oxygen atoms in total. The van der Waals surface area contributed by atoms with E-state index >= 15 is 0 Å². The minimum atomic E-state index is 0.577. The first-order valence-corrected chi connectivity index (χ1v) is 6.33. The molecule has 1 aromatic rings. The van der Waals surface area contributed by atoms with Gasteiger partial charge in [0.2, 0.25) is 0 Å². The molecule has 0 amide bonds. The molecule has 0 bridgehead atoms. The number of benzene rings is 1. The number of halogens is 2. The average molecular weight is 352 g/mol. The van der Waals surface area contributed by atoms with Crippen LogP contribution >= 0.6 is 38.5 Å². The van der Waals surface area contributed by atoms with Crippen LogP contribution in [0.3, 0.4) is 0 Å². The molecule has 1 atom stereocenters. The van der Waals surface area contributed by atoms with E-state index in [1.165, 1.54) is 26.4 Å². The molecular weight excluding hydrogens is 341 g/mol. The van der Waals surface area contributed by atoms with E-state index in [1.54, 1.807) is 0 Å². The molecule has 0 aromatic heterocycles. The molecule has 1 saturated heterocycles. The lowest BCUT2D eigenvalue weighted by Gasteiger charge is -2.11. The van der Waals surface area contributed by atoms with E-state index in [-0.39, 0.29) is 0 Å². The standard InChI is InChI=1S/C10H11BrIN/c11-8-6-7(3-4-9(8)12)10-2-1-5-13-10/h3-4,6,10,13H,1-2,5H2/t10-/m1/s1. The van der Waals surface area contributed by atoms with Crippen LogP contribution in [0.5, 0.6) is 0 Å². The Morgan fingerprint density at radius 2 is 2.31 bits per heavy atom. The number of rotatable bonds is 1. The quantitative estimate of drug-likeness (QED) is 0.764. The first-order valence-electron chi connectivity index (χ1n) is 4.46. The minimum Gasteiger partial charge on any atom is -0.310 e. The monoisotopic (exact) mass is 351 g/mol. The third-order valence-corrected chi connectivity index (χ3v) is 4.74. The van der Waals surface area contributed by atoms with Crippen molar-refractivity contribution < 1.29 is 0 Å². The molecule has 1 aliphatic heterocycles. The van der Waals surface area contributed by atoms with Crippen LogP contribution in [0.2, 0.25) is 0 Å². The highest BCUT2D eigenvalue weighted by Crippen LogP contribution is 2.27. The van der Waals surface area contributed by atoms with Crippen LogP contribution in [0.1, 0.15) is 24.4 Å². The molecule has 1 fully saturated rings. The Balaban J connectivity index is 2.25. The predicted octanol–water partition coefficient (Wildman–Crippen LogP) is 3.48. The van der Waals surface area contributed by atoms with Gasteiger partial charge in [-0.05, 0) is 75.6 Å². The highest BCUT2D eigenvalue weighted by Gasteiger charge is 2.16. The summed E-state index contributed by atoms with van der Waals surface area (Å²) in [5.41, 5.74) is 1.41. The fourth-order valence-corrected chi connectivity index (χ4v) is 2.43. The van der Waals surface area contributed by atoms with Gasteiger partial charge in [-0.3, -0.25) is 0 Å². The topological polar surface area (TPSA) is 12.0 Å². The molecule has 70 valence electrons. The predicted molar refractivity (Wildman–Crippen MR) is 66.8 cm³/mol. The van der Waals surface area contributed by atoms with Crippen LogP contribution in [0.4, 0.5) is 0 Å². The molecule has 2 rings (SSSR count). The van der Waals surface area contributed by atoms with Gasteiger partial charge in [-0.25, -0.2) is 0 Å². The second-order valence-electron chi connectivity index (χ2n) is 3.32. The van der Waals surface area contributed by atoms with Crippen molar-refractivity contribution in [1.82, 2.24) is 5.32 Å². The van der Waals surface area contributed by atoms with Crippen molar-refractivity contribution in [3.63, 3.8) is 0 Å². The van der Waals surface area contributed by atoms with Crippen molar-refractivity contribution in [3.05, 3.63) is 31.8 Å². The van der Waals surface area contributed by atoms with E-state index in [2.05, 4.69) is 62.0 Å². The Morgan fingerprint density at radius 3 is 2.92 bits per heavy atom. The smallest absolute Gasteiger partial charge is 0.0321 e. The van der Waals surface area contributed by atoms with E-state index < -0.39 is 0 Å². The summed E-state index contributed by atoms with van der Waals surface area (Å²) in [7, 11) is 0. The zero-order chi connectivity index (χ0) is 9.26. The average Bonchev–Trinajstić information content (AvgIpc) is 2.62. The van der Waals surface area contributed by atoms with Gasteiger partial charge in [-0.2, -0.15) is 0 Å². The summed E-state index contributed by atoms with van der Waals surface area (Å²) in [5, 5.41) is 3.50. The van der Waals surface area contributed by atoms with E-state index in [0.29, 0.717) is 6.04 Å². The summed E-state index contributed by atoms with van der Waals surface area (Å²) >= 11 is 5.89. The summed E-state index contributed by atoms with van der Waals surface area (Å²) in [6.07, 6.45) is 2.57. The van der Waals surface area contributed by atoms with E-state index in [0.717, 1.165) is 6.54 Å². The molecule has 1 aliphatic rings. The SMILES string of the molecule is Brc1cc([C@H]2CCCN2)ccc1I. The Hall–Kier alpha value is 0.390. The van der Waals surface area contributed by atoms with Gasteiger partial charge in [0.1, 0.15) is 0 Å². The fraction of sp³-hybridized carbons (Fsp3) is 0.400. The van der Waals surface area contributed by atoms with Crippen molar-refractivity contribution >= 4 is 38.5 Å². The van der Waals surface area contributed by atoms with E-state index in [4.69, 9.17) is 0 Å². The second-order valence-corrected chi connectivity index (χ2v) is 5.34. The second kappa shape index (κ2) is 4.28. The van der Waals surface area contributed by atoms with Gasteiger partial charge in [0, 0.05) is 14.1 Å². The van der Waals surface area contributed by atoms with Crippen LogP contribution in [-0.4, -0.2) is 6.54 Å². The zero-order valence-corrected chi connectivity index (χ0v) is 10.9. The largest absolute Gasteiger partial charge is 0.310 e. The lowest BCUT2D eigenvalue weighted by Crippen LogP contribution is -2.12. The Morgan fingerprint density at radius 1 is 1.46 bits per heavy atom. The number of hydrogen-bond acceptors (Lipinski definition) is 1. The third kappa shape index (κ3) is 2.25. The van der Waals surface area contributed by atoms with Gasteiger partial charge in [-0.15, -0.1) is 0 Å². The van der Waals surface area contributed by atoms with Crippen LogP contribution in [0, 0.1) is 3.57 Å². The first kappa shape index (κ1) is 9.93. The van der Waals surface area contributed by atoms with Crippen molar-refractivity contribution in [2.45, 2.75) is 18.9 Å². The van der Waals surface area contributed by atoms with E-state index in [9.17, 15) is 0 Å². The van der Waals surface area contributed by atoms with Crippen LogP contribution in [-0.2, 0) is 0 Å². The molecule has 1 heterocycles. The Bertz CT molecular complexity index is 308. The highest BCUT2D eigenvalue weighted by atomic mass is 127. The van der Waals surface area contributed by atoms with Crippen LogP contribution in [0.25, 0.3) is 0 Å². The summed E-state index contributed by atoms with van der Waals surface area (Å²) in [4.78, 5) is 0. The lowest BCUT2D eigenvalue weighted by molar-refractivity contribution is 0.647. The van der Waals surface area contributed by atoms with Crippen LogP contribution in [0.15, 0.2) is 22.7 Å². The zero-order valence-electron chi connectivity index (χ0n) is 7.19. The Kier molecular flexibility index (Phi) is 3.26. The van der Waals surface area contributed by atoms with Crippen molar-refractivity contribution in [2.24, 2.45) is 0 Å². The number of nitrogens with one attached hydrogen (secondary N) is 1. The van der Waals surface area contributed by atoms with Gasteiger partial charge in [0.25, 0.3) is 0 Å². The molecule has 0 radical (unpaired) electrons. The molecule has 3 heteroatoms. The van der Waals surface area contributed by atoms with Gasteiger partial charge in [0.05, 0.1) is 0 Å². The lowest BCUT2D eigenvalue weighted by atomic mass is 10.1. The van der Waals surface area contributed by atoms with Crippen molar-refractivity contribution in [3.8, 4) is 0 Å². The molecule has 13 heavy (non-hydrogen) atoms. The molecular formula is C10H11BrIN. The van der Waals surface area contributed by atoms with E-state index in [1.807, 2.05) is 0 Å². The number of hydrogen-bond donors (Lipinski definition) is 1. The van der Waals surface area contributed by atoms with Gasteiger partial charge < -0.3 is 5.32 Å². The fourth-order valence-electron chi connectivity index (χ4n) is 1.70. The van der Waals surface area contributed by atoms with Crippen molar-refractivity contribution in [2.75, 3.05) is 6.54 Å². The maximum Gasteiger partial charge on any atom is 0.0321 e. The highest BCUT2D eigenvalue weighted by molar-refractivity contribution is 14.1. The molecule has 0 spiro atoms. The molecule has 1 N–H and O–H groups in total. The van der Waals surface area contributed by atoms with Crippen LogP contribution < -0.4 is 5.32 Å². The summed E-state index contributed by atoms with van der Waals surface area (Å²) < 4.78 is 2.48. The molecule has 0 unspecified atom stereocenters. The first-order chi connectivity index (χ1) is 6.27. The molecule has 0 saturated carbocycles. The third-order valence-electron chi connectivity index (χ3n) is 2.41. The maximum absolute atomic E-state index is 3.56. The summed E-state index contributed by atoms with van der Waals surface area (Å²) in [6, 6.07) is 7.19. The minimum absolute atomic E-state index is 0.577. The van der Waals surface area contributed by atoms with Crippen molar-refractivity contribution in [1.29, 1.82) is 0 Å². The normalized spacial score (nSPS) is 22.2. The molecule has 0 aliphatic carbocycles. The maximum atomic E-state index is 3.56. The van der Waals surface area contributed by atoms with Gasteiger partial charge in [0.15, 0.2) is 0 Å². The summed E-state index contributed by atoms with van der Waals surface area (Å²) in [5.74, 6) is 0. The summed E-state index contributed by atoms with van der Waals surface area (Å²) in [6.45, 7) is 1.16. The molecule has 1 aromatic carbocycles. The van der Waals surface area contributed by atoms with Gasteiger partial charge >= 0.3 is 0 Å².